The molecule has 0 aromatic heterocycles. The van der Waals surface area contributed by atoms with Gasteiger partial charge in [-0.2, -0.15) is 0 Å². The van der Waals surface area contributed by atoms with Gasteiger partial charge in [0.1, 0.15) is 5.84 Å². The highest BCUT2D eigenvalue weighted by atomic mass is 15.1. The highest BCUT2D eigenvalue weighted by Gasteiger charge is 2.05. The van der Waals surface area contributed by atoms with Crippen LogP contribution in [-0.4, -0.2) is 12.9 Å². The topological polar surface area (TPSA) is 53.1 Å². The van der Waals surface area contributed by atoms with Crippen LogP contribution in [-0.2, 0) is 6.54 Å². The zero-order valence-corrected chi connectivity index (χ0v) is 12.9. The average Bonchev–Trinajstić information content (AvgIpc) is 2.48. The molecule has 0 atom stereocenters. The summed E-state index contributed by atoms with van der Waals surface area (Å²) in [6, 6.07) is 16.5. The Hall–Kier alpha value is -2.29. The zero-order chi connectivity index (χ0) is 15.4. The Morgan fingerprint density at radius 2 is 1.81 bits per heavy atom. The number of nitrogens with one attached hydrogen (secondary N) is 1. The van der Waals surface area contributed by atoms with E-state index in [2.05, 4.69) is 50.1 Å². The number of anilines is 1. The molecule has 0 fully saturated rings. The Bertz CT molecular complexity index is 615. The molecule has 0 unspecified atom stereocenters. The molecule has 3 N–H and O–H groups in total. The number of amidine groups is 1. The molecule has 0 amide bonds. The first-order chi connectivity index (χ1) is 9.97. The van der Waals surface area contributed by atoms with Crippen LogP contribution in [0, 0.1) is 5.41 Å². The number of nitrogens with zero attached hydrogens (tertiary/aromatic N) is 1. The van der Waals surface area contributed by atoms with Crippen LogP contribution in [0.4, 0.5) is 5.69 Å². The minimum Gasteiger partial charge on any atom is -0.384 e. The van der Waals surface area contributed by atoms with Gasteiger partial charge in [-0.15, -0.1) is 0 Å². The summed E-state index contributed by atoms with van der Waals surface area (Å²) in [5.41, 5.74) is 10.0. The van der Waals surface area contributed by atoms with E-state index in [1.807, 2.05) is 24.3 Å². The van der Waals surface area contributed by atoms with Crippen LogP contribution >= 0.6 is 0 Å². The van der Waals surface area contributed by atoms with Gasteiger partial charge in [0, 0.05) is 24.8 Å². The average molecular weight is 281 g/mol. The number of nitrogen functional groups attached to an aromatic ring is 1. The third kappa shape index (κ3) is 3.85. The highest BCUT2D eigenvalue weighted by molar-refractivity contribution is 5.95. The van der Waals surface area contributed by atoms with Crippen LogP contribution in [0.2, 0.25) is 0 Å². The van der Waals surface area contributed by atoms with Gasteiger partial charge in [-0.05, 0) is 29.2 Å². The number of rotatable bonds is 5. The summed E-state index contributed by atoms with van der Waals surface area (Å²) in [5.74, 6) is 0.663. The van der Waals surface area contributed by atoms with Crippen molar-refractivity contribution in [3.05, 3.63) is 65.2 Å². The van der Waals surface area contributed by atoms with Crippen LogP contribution in [0.1, 0.15) is 36.5 Å². The first kappa shape index (κ1) is 15.1. The molecular weight excluding hydrogens is 258 g/mol. The summed E-state index contributed by atoms with van der Waals surface area (Å²) in [6.45, 7) is 5.24. The van der Waals surface area contributed by atoms with E-state index < -0.39 is 0 Å². The second-order valence-corrected chi connectivity index (χ2v) is 5.72. The van der Waals surface area contributed by atoms with Gasteiger partial charge in [-0.25, -0.2) is 0 Å². The van der Waals surface area contributed by atoms with Gasteiger partial charge in [-0.1, -0.05) is 50.2 Å². The van der Waals surface area contributed by atoms with Crippen molar-refractivity contribution in [2.75, 3.05) is 11.9 Å². The van der Waals surface area contributed by atoms with Crippen molar-refractivity contribution in [3.8, 4) is 0 Å². The van der Waals surface area contributed by atoms with Gasteiger partial charge in [0.2, 0.25) is 0 Å². The molecule has 110 valence electrons. The second kappa shape index (κ2) is 6.44. The monoisotopic (exact) mass is 281 g/mol. The Morgan fingerprint density at radius 1 is 1.14 bits per heavy atom. The minimum atomic E-state index is 0.103. The lowest BCUT2D eigenvalue weighted by Gasteiger charge is -2.20. The fourth-order valence-electron chi connectivity index (χ4n) is 2.28. The molecule has 2 aromatic rings. The summed E-state index contributed by atoms with van der Waals surface area (Å²) < 4.78 is 0. The third-order valence-corrected chi connectivity index (χ3v) is 3.66. The predicted molar refractivity (Wildman–Crippen MR) is 90.1 cm³/mol. The largest absolute Gasteiger partial charge is 0.384 e. The van der Waals surface area contributed by atoms with Crippen molar-refractivity contribution in [3.63, 3.8) is 0 Å². The first-order valence-electron chi connectivity index (χ1n) is 7.22. The highest BCUT2D eigenvalue weighted by Crippen LogP contribution is 2.19. The lowest BCUT2D eigenvalue weighted by Crippen LogP contribution is -2.18. The number of hydrogen-bond acceptors (Lipinski definition) is 2. The first-order valence-corrected chi connectivity index (χ1v) is 7.22. The molecule has 0 aliphatic rings. The molecule has 21 heavy (non-hydrogen) atoms. The lowest BCUT2D eigenvalue weighted by molar-refractivity contribution is 0.861. The van der Waals surface area contributed by atoms with Gasteiger partial charge >= 0.3 is 0 Å². The molecule has 2 rings (SSSR count). The number of hydrogen-bond donors (Lipinski definition) is 2. The van der Waals surface area contributed by atoms with Gasteiger partial charge in [0.05, 0.1) is 0 Å². The normalized spacial score (nSPS) is 10.7. The molecule has 0 heterocycles. The van der Waals surface area contributed by atoms with E-state index in [0.717, 1.165) is 17.8 Å². The molecule has 0 spiro atoms. The second-order valence-electron chi connectivity index (χ2n) is 5.72. The molecule has 0 aliphatic heterocycles. The molecule has 0 radical (unpaired) electrons. The van der Waals surface area contributed by atoms with Crippen LogP contribution in [0.15, 0.2) is 48.5 Å². The van der Waals surface area contributed by atoms with E-state index in [9.17, 15) is 0 Å². The maximum atomic E-state index is 7.52. The molecule has 3 nitrogen and oxygen atoms in total. The lowest BCUT2D eigenvalue weighted by atomic mass is 10.0. The molecular formula is C18H23N3. The van der Waals surface area contributed by atoms with Gasteiger partial charge in [0.15, 0.2) is 0 Å². The molecule has 3 heteroatoms. The van der Waals surface area contributed by atoms with Crippen LogP contribution in [0.5, 0.6) is 0 Å². The maximum Gasteiger partial charge on any atom is 0.122 e. The predicted octanol–water partition coefficient (Wildman–Crippen LogP) is 3.73. The van der Waals surface area contributed by atoms with Gasteiger partial charge in [0.25, 0.3) is 0 Å². The van der Waals surface area contributed by atoms with E-state index in [1.165, 1.54) is 11.1 Å². The third-order valence-electron chi connectivity index (χ3n) is 3.66. The molecule has 2 aromatic carbocycles. The van der Waals surface area contributed by atoms with Crippen molar-refractivity contribution >= 4 is 11.5 Å². The molecule has 0 saturated heterocycles. The summed E-state index contributed by atoms with van der Waals surface area (Å²) in [5, 5.41) is 7.52. The summed E-state index contributed by atoms with van der Waals surface area (Å²) in [7, 11) is 2.05. The van der Waals surface area contributed by atoms with E-state index >= 15 is 0 Å². The Labute approximate surface area is 126 Å². The standard InChI is InChI=1S/C18H23N3/c1-13(2)15-9-7-14(8-10-15)12-21(3)17-6-4-5-16(11-17)18(19)20/h4-11,13H,12H2,1-3H3,(H3,19,20). The summed E-state index contributed by atoms with van der Waals surface area (Å²) >= 11 is 0. The van der Waals surface area contributed by atoms with E-state index in [1.54, 1.807) is 0 Å². The van der Waals surface area contributed by atoms with E-state index in [-0.39, 0.29) is 5.84 Å². The SMILES string of the molecule is CC(C)c1ccc(CN(C)c2cccc(C(=N)N)c2)cc1. The van der Waals surface area contributed by atoms with Crippen LogP contribution in [0.3, 0.4) is 0 Å². The van der Waals surface area contributed by atoms with E-state index in [0.29, 0.717) is 5.92 Å². The van der Waals surface area contributed by atoms with Crippen molar-refractivity contribution in [2.24, 2.45) is 5.73 Å². The van der Waals surface area contributed by atoms with Gasteiger partial charge in [-0.3, -0.25) is 5.41 Å². The Morgan fingerprint density at radius 3 is 2.38 bits per heavy atom. The zero-order valence-electron chi connectivity index (χ0n) is 12.9. The number of nitrogens with two attached hydrogens (primary N) is 1. The summed E-state index contributed by atoms with van der Waals surface area (Å²) in [4.78, 5) is 2.16. The molecule has 0 bridgehead atoms. The van der Waals surface area contributed by atoms with Crippen molar-refractivity contribution in [1.82, 2.24) is 0 Å². The maximum absolute atomic E-state index is 7.52. The van der Waals surface area contributed by atoms with Crippen molar-refractivity contribution < 1.29 is 0 Å². The number of benzene rings is 2. The van der Waals surface area contributed by atoms with Gasteiger partial charge < -0.3 is 10.6 Å². The quantitative estimate of drug-likeness (QED) is 0.648. The van der Waals surface area contributed by atoms with Crippen LogP contribution < -0.4 is 10.6 Å². The smallest absolute Gasteiger partial charge is 0.122 e. The Balaban J connectivity index is 2.12. The molecule has 0 saturated carbocycles. The Kier molecular flexibility index (Phi) is 4.63. The minimum absolute atomic E-state index is 0.103. The van der Waals surface area contributed by atoms with E-state index in [4.69, 9.17) is 11.1 Å². The fraction of sp³-hybridized carbons (Fsp3) is 0.278. The van der Waals surface area contributed by atoms with Crippen LogP contribution in [0.25, 0.3) is 0 Å². The summed E-state index contributed by atoms with van der Waals surface area (Å²) in [6.07, 6.45) is 0. The van der Waals surface area contributed by atoms with Crippen molar-refractivity contribution in [2.45, 2.75) is 26.3 Å². The fourth-order valence-corrected chi connectivity index (χ4v) is 2.28. The van der Waals surface area contributed by atoms with Crippen molar-refractivity contribution in [1.29, 1.82) is 5.41 Å². The molecule has 0 aliphatic carbocycles.